The lowest BCUT2D eigenvalue weighted by Gasteiger charge is -2.29. The fourth-order valence-corrected chi connectivity index (χ4v) is 2.23. The Labute approximate surface area is 118 Å². The number of aliphatic carboxylic acids is 1. The van der Waals surface area contributed by atoms with Crippen molar-refractivity contribution in [3.8, 4) is 0 Å². The molecule has 0 aromatic heterocycles. The molecule has 0 bridgehead atoms. The largest absolute Gasteiger partial charge is 0.481 e. The summed E-state index contributed by atoms with van der Waals surface area (Å²) in [5.74, 6) is -1.12. The predicted octanol–water partition coefficient (Wildman–Crippen LogP) is 2.43. The number of likely N-dealkylation sites (tertiary alicyclic amines) is 1. The minimum Gasteiger partial charge on any atom is -0.481 e. The number of piperidine rings is 1. The number of hydrogen-bond donors (Lipinski definition) is 1. The van der Waals surface area contributed by atoms with E-state index in [4.69, 9.17) is 9.84 Å². The Hall–Kier alpha value is -2.04. The maximum Gasteiger partial charge on any atom is 0.410 e. The summed E-state index contributed by atoms with van der Waals surface area (Å²) < 4.78 is 5.24. The van der Waals surface area contributed by atoms with E-state index in [1.54, 1.807) is 4.90 Å². The first kappa shape index (κ1) is 14.4. The van der Waals surface area contributed by atoms with Crippen LogP contribution < -0.4 is 0 Å². The van der Waals surface area contributed by atoms with Crippen molar-refractivity contribution in [3.63, 3.8) is 0 Å². The summed E-state index contributed by atoms with van der Waals surface area (Å²) in [6.07, 6.45) is 0.624. The van der Waals surface area contributed by atoms with Crippen LogP contribution in [0.5, 0.6) is 0 Å². The second-order valence-corrected chi connectivity index (χ2v) is 5.14. The van der Waals surface area contributed by atoms with Crippen molar-refractivity contribution < 1.29 is 19.4 Å². The van der Waals surface area contributed by atoms with Gasteiger partial charge in [-0.15, -0.1) is 0 Å². The molecule has 5 nitrogen and oxygen atoms in total. The zero-order valence-electron chi connectivity index (χ0n) is 11.5. The summed E-state index contributed by atoms with van der Waals surface area (Å²) in [6.45, 7) is 3.15. The molecule has 0 atom stereocenters. The molecule has 1 saturated heterocycles. The molecule has 1 aromatic rings. The second-order valence-electron chi connectivity index (χ2n) is 5.14. The molecule has 0 aliphatic carbocycles. The van der Waals surface area contributed by atoms with Gasteiger partial charge in [-0.3, -0.25) is 4.79 Å². The SMILES string of the molecule is Cc1ccc(COC(=O)N2CCC(C(=O)O)CC2)cc1. The van der Waals surface area contributed by atoms with Gasteiger partial charge in [0, 0.05) is 13.1 Å². The third-order valence-electron chi connectivity index (χ3n) is 3.59. The van der Waals surface area contributed by atoms with Gasteiger partial charge in [-0.2, -0.15) is 0 Å². The monoisotopic (exact) mass is 277 g/mol. The molecule has 5 heteroatoms. The Morgan fingerprint density at radius 2 is 1.85 bits per heavy atom. The number of hydrogen-bond acceptors (Lipinski definition) is 3. The van der Waals surface area contributed by atoms with Crippen molar-refractivity contribution in [1.82, 2.24) is 4.90 Å². The van der Waals surface area contributed by atoms with Crippen LogP contribution in [-0.2, 0) is 16.1 Å². The van der Waals surface area contributed by atoms with Gasteiger partial charge in [0.2, 0.25) is 0 Å². The fraction of sp³-hybridized carbons (Fsp3) is 0.467. The molecule has 1 heterocycles. The lowest BCUT2D eigenvalue weighted by Crippen LogP contribution is -2.40. The molecule has 1 aliphatic heterocycles. The van der Waals surface area contributed by atoms with Gasteiger partial charge in [0.1, 0.15) is 6.61 Å². The Balaban J connectivity index is 1.78. The topological polar surface area (TPSA) is 66.8 Å². The Morgan fingerprint density at radius 3 is 2.40 bits per heavy atom. The molecule has 0 radical (unpaired) electrons. The van der Waals surface area contributed by atoms with Gasteiger partial charge in [0.25, 0.3) is 0 Å². The van der Waals surface area contributed by atoms with E-state index >= 15 is 0 Å². The first-order valence-corrected chi connectivity index (χ1v) is 6.76. The maximum atomic E-state index is 11.9. The van der Waals surface area contributed by atoms with Gasteiger partial charge in [-0.05, 0) is 25.3 Å². The molecule has 0 unspecified atom stereocenters. The van der Waals surface area contributed by atoms with Crippen LogP contribution in [0.4, 0.5) is 4.79 Å². The number of nitrogens with zero attached hydrogens (tertiary/aromatic N) is 1. The molecule has 2 rings (SSSR count). The van der Waals surface area contributed by atoms with E-state index in [1.807, 2.05) is 31.2 Å². The summed E-state index contributed by atoms with van der Waals surface area (Å²) in [5.41, 5.74) is 2.11. The van der Waals surface area contributed by atoms with Crippen molar-refractivity contribution in [2.45, 2.75) is 26.4 Å². The van der Waals surface area contributed by atoms with Gasteiger partial charge >= 0.3 is 12.1 Å². The summed E-state index contributed by atoms with van der Waals surface area (Å²) in [4.78, 5) is 24.3. The van der Waals surface area contributed by atoms with Crippen LogP contribution in [0.25, 0.3) is 0 Å². The molecule has 108 valence electrons. The summed E-state index contributed by atoms with van der Waals surface area (Å²) in [5, 5.41) is 8.90. The second kappa shape index (κ2) is 6.41. The van der Waals surface area contributed by atoms with Gasteiger partial charge in [0.05, 0.1) is 5.92 Å². The van der Waals surface area contributed by atoms with Gasteiger partial charge in [-0.1, -0.05) is 29.8 Å². The van der Waals surface area contributed by atoms with Crippen LogP contribution >= 0.6 is 0 Å². The number of benzene rings is 1. The number of ether oxygens (including phenoxy) is 1. The minimum absolute atomic E-state index is 0.248. The lowest BCUT2D eigenvalue weighted by atomic mass is 9.97. The number of aryl methyl sites for hydroxylation is 1. The number of carbonyl (C=O) groups is 2. The highest BCUT2D eigenvalue weighted by atomic mass is 16.6. The van der Waals surface area contributed by atoms with E-state index in [1.165, 1.54) is 0 Å². The molecule has 0 saturated carbocycles. The molecular formula is C15H19NO4. The predicted molar refractivity (Wildman–Crippen MR) is 73.3 cm³/mol. The lowest BCUT2D eigenvalue weighted by molar-refractivity contribution is -0.143. The zero-order valence-corrected chi connectivity index (χ0v) is 11.5. The van der Waals surface area contributed by atoms with Gasteiger partial charge in [-0.25, -0.2) is 4.79 Å². The summed E-state index contributed by atoms with van der Waals surface area (Å²) >= 11 is 0. The van der Waals surface area contributed by atoms with Crippen LogP contribution in [0.1, 0.15) is 24.0 Å². The average molecular weight is 277 g/mol. The van der Waals surface area contributed by atoms with Crippen LogP contribution in [0.3, 0.4) is 0 Å². The summed E-state index contributed by atoms with van der Waals surface area (Å²) in [7, 11) is 0. The van der Waals surface area contributed by atoms with E-state index in [-0.39, 0.29) is 18.6 Å². The van der Waals surface area contributed by atoms with E-state index in [0.717, 1.165) is 11.1 Å². The van der Waals surface area contributed by atoms with Crippen molar-refractivity contribution in [3.05, 3.63) is 35.4 Å². The number of rotatable bonds is 3. The third-order valence-corrected chi connectivity index (χ3v) is 3.59. The Kier molecular flexibility index (Phi) is 4.61. The Bertz CT molecular complexity index is 475. The van der Waals surface area contributed by atoms with Crippen LogP contribution in [-0.4, -0.2) is 35.2 Å². The van der Waals surface area contributed by atoms with Crippen molar-refractivity contribution in [1.29, 1.82) is 0 Å². The van der Waals surface area contributed by atoms with E-state index in [2.05, 4.69) is 0 Å². The van der Waals surface area contributed by atoms with Crippen LogP contribution in [0, 0.1) is 12.8 Å². The first-order valence-electron chi connectivity index (χ1n) is 6.76. The molecular weight excluding hydrogens is 258 g/mol. The number of carboxylic acid groups (broad SMARTS) is 1. The smallest absolute Gasteiger partial charge is 0.410 e. The molecule has 1 N–H and O–H groups in total. The first-order chi connectivity index (χ1) is 9.56. The summed E-state index contributed by atoms with van der Waals surface area (Å²) in [6, 6.07) is 7.81. The third kappa shape index (κ3) is 3.73. The molecule has 1 fully saturated rings. The number of carboxylic acids is 1. The quantitative estimate of drug-likeness (QED) is 0.921. The van der Waals surface area contributed by atoms with Crippen LogP contribution in [0.2, 0.25) is 0 Å². The Morgan fingerprint density at radius 1 is 1.25 bits per heavy atom. The highest BCUT2D eigenvalue weighted by Gasteiger charge is 2.27. The normalized spacial score (nSPS) is 15.9. The molecule has 1 aliphatic rings. The fourth-order valence-electron chi connectivity index (χ4n) is 2.23. The van der Waals surface area contributed by atoms with E-state index < -0.39 is 5.97 Å². The van der Waals surface area contributed by atoms with Gasteiger partial charge < -0.3 is 14.7 Å². The van der Waals surface area contributed by atoms with Crippen molar-refractivity contribution in [2.24, 2.45) is 5.92 Å². The van der Waals surface area contributed by atoms with Crippen molar-refractivity contribution >= 4 is 12.1 Å². The van der Waals surface area contributed by atoms with Crippen LogP contribution in [0.15, 0.2) is 24.3 Å². The van der Waals surface area contributed by atoms with E-state index in [0.29, 0.717) is 25.9 Å². The van der Waals surface area contributed by atoms with Crippen molar-refractivity contribution in [2.75, 3.05) is 13.1 Å². The molecule has 1 amide bonds. The highest BCUT2D eigenvalue weighted by Crippen LogP contribution is 2.18. The number of amides is 1. The number of carbonyl (C=O) groups excluding carboxylic acids is 1. The minimum atomic E-state index is -0.780. The van der Waals surface area contributed by atoms with E-state index in [9.17, 15) is 9.59 Å². The zero-order chi connectivity index (χ0) is 14.5. The maximum absolute atomic E-state index is 11.9. The van der Waals surface area contributed by atoms with Gasteiger partial charge in [0.15, 0.2) is 0 Å². The highest BCUT2D eigenvalue weighted by molar-refractivity contribution is 5.71. The standard InChI is InChI=1S/C15H19NO4/c1-11-2-4-12(5-3-11)10-20-15(19)16-8-6-13(7-9-16)14(17)18/h2-5,13H,6-10H2,1H3,(H,17,18). The molecule has 0 spiro atoms. The molecule has 1 aromatic carbocycles. The molecule has 20 heavy (non-hydrogen) atoms. The average Bonchev–Trinajstić information content (AvgIpc) is 2.46.